The Hall–Kier alpha value is -2.62. The Balaban J connectivity index is 1.60. The molecule has 2 N–H and O–H groups in total. The molecule has 0 unspecified atom stereocenters. The van der Waals surface area contributed by atoms with Gasteiger partial charge in [0.1, 0.15) is 5.82 Å². The van der Waals surface area contributed by atoms with Crippen molar-refractivity contribution >= 4 is 16.9 Å². The van der Waals surface area contributed by atoms with Crippen LogP contribution < -0.4 is 5.32 Å². The summed E-state index contributed by atoms with van der Waals surface area (Å²) in [7, 11) is 0. The van der Waals surface area contributed by atoms with Crippen LogP contribution in [-0.2, 0) is 6.42 Å². The van der Waals surface area contributed by atoms with Crippen LogP contribution in [0.2, 0.25) is 0 Å². The maximum Gasteiger partial charge on any atom is 0.251 e. The van der Waals surface area contributed by atoms with E-state index in [2.05, 4.69) is 33.5 Å². The first kappa shape index (κ1) is 14.0. The maximum absolute atomic E-state index is 12.6. The summed E-state index contributed by atoms with van der Waals surface area (Å²) in [6, 6.07) is 14.1. The molecule has 0 bridgehead atoms. The Kier molecular flexibility index (Phi) is 3.37. The number of aryl methyl sites for hydroxylation is 2. The summed E-state index contributed by atoms with van der Waals surface area (Å²) in [5.41, 5.74) is 5.06. The van der Waals surface area contributed by atoms with Crippen LogP contribution in [-0.4, -0.2) is 15.9 Å². The highest BCUT2D eigenvalue weighted by Crippen LogP contribution is 2.29. The lowest BCUT2D eigenvalue weighted by Crippen LogP contribution is -2.30. The normalized spacial score (nSPS) is 17.0. The number of amides is 1. The molecular formula is C19H19N3O. The van der Waals surface area contributed by atoms with Gasteiger partial charge in [-0.25, -0.2) is 4.98 Å². The fraction of sp³-hybridized carbons (Fsp3) is 0.263. The number of H-pyrrole nitrogens is 1. The van der Waals surface area contributed by atoms with Gasteiger partial charge in [0.2, 0.25) is 0 Å². The Labute approximate surface area is 134 Å². The van der Waals surface area contributed by atoms with Crippen molar-refractivity contribution in [1.29, 1.82) is 0 Å². The third-order valence-electron chi connectivity index (χ3n) is 4.54. The van der Waals surface area contributed by atoms with Crippen molar-refractivity contribution in [3.63, 3.8) is 0 Å². The topological polar surface area (TPSA) is 57.8 Å². The van der Waals surface area contributed by atoms with Crippen molar-refractivity contribution in [1.82, 2.24) is 15.3 Å². The molecule has 0 fully saturated rings. The van der Waals surface area contributed by atoms with Gasteiger partial charge in [0.15, 0.2) is 0 Å². The Morgan fingerprint density at radius 1 is 1.26 bits per heavy atom. The fourth-order valence-corrected chi connectivity index (χ4v) is 3.42. The minimum atomic E-state index is -0.0331. The van der Waals surface area contributed by atoms with Crippen molar-refractivity contribution in [2.45, 2.75) is 32.2 Å². The third-order valence-corrected chi connectivity index (χ3v) is 4.54. The minimum Gasteiger partial charge on any atom is -0.345 e. The van der Waals surface area contributed by atoms with Gasteiger partial charge >= 0.3 is 0 Å². The molecule has 23 heavy (non-hydrogen) atoms. The number of fused-ring (bicyclic) bond motifs is 2. The van der Waals surface area contributed by atoms with Crippen LogP contribution in [0.4, 0.5) is 0 Å². The fourth-order valence-electron chi connectivity index (χ4n) is 3.42. The molecule has 1 amide bonds. The second-order valence-corrected chi connectivity index (χ2v) is 6.17. The van der Waals surface area contributed by atoms with Crippen LogP contribution in [0.15, 0.2) is 42.5 Å². The lowest BCUT2D eigenvalue weighted by atomic mass is 9.87. The number of nitrogens with one attached hydrogen (secondary N) is 2. The van der Waals surface area contributed by atoms with Gasteiger partial charge in [-0.3, -0.25) is 4.79 Å². The average molecular weight is 305 g/mol. The van der Waals surface area contributed by atoms with E-state index in [1.54, 1.807) is 0 Å². The molecule has 0 aliphatic heterocycles. The van der Waals surface area contributed by atoms with E-state index in [9.17, 15) is 4.79 Å². The molecule has 0 radical (unpaired) electrons. The molecule has 1 heterocycles. The number of imidazole rings is 1. The van der Waals surface area contributed by atoms with Gasteiger partial charge in [0, 0.05) is 5.56 Å². The standard InChI is InChI=1S/C19H19N3O/c1-12-20-17-10-9-14(11-18(17)21-12)19(23)22-16-8-4-6-13-5-2-3-7-15(13)16/h2-3,5,7,9-11,16H,4,6,8H2,1H3,(H,20,21)(H,22,23)/t16-/m0/s1. The van der Waals surface area contributed by atoms with Gasteiger partial charge in [-0.05, 0) is 55.5 Å². The molecule has 116 valence electrons. The molecule has 1 aromatic heterocycles. The molecular weight excluding hydrogens is 286 g/mol. The van der Waals surface area contributed by atoms with E-state index in [-0.39, 0.29) is 11.9 Å². The van der Waals surface area contributed by atoms with Crippen LogP contribution in [0.25, 0.3) is 11.0 Å². The van der Waals surface area contributed by atoms with Crippen LogP contribution >= 0.6 is 0 Å². The van der Waals surface area contributed by atoms with Gasteiger partial charge < -0.3 is 10.3 Å². The Bertz CT molecular complexity index is 881. The Morgan fingerprint density at radius 3 is 3.04 bits per heavy atom. The highest BCUT2D eigenvalue weighted by Gasteiger charge is 2.22. The van der Waals surface area contributed by atoms with Gasteiger partial charge in [-0.15, -0.1) is 0 Å². The molecule has 4 rings (SSSR count). The molecule has 3 aromatic rings. The van der Waals surface area contributed by atoms with Crippen LogP contribution in [0.5, 0.6) is 0 Å². The molecule has 0 spiro atoms. The number of aromatic amines is 1. The van der Waals surface area contributed by atoms with Gasteiger partial charge in [-0.2, -0.15) is 0 Å². The van der Waals surface area contributed by atoms with Crippen LogP contribution in [0, 0.1) is 6.92 Å². The van der Waals surface area contributed by atoms with E-state index in [1.165, 1.54) is 11.1 Å². The number of nitrogens with zero attached hydrogens (tertiary/aromatic N) is 1. The molecule has 2 aromatic carbocycles. The average Bonchev–Trinajstić information content (AvgIpc) is 2.94. The number of benzene rings is 2. The summed E-state index contributed by atoms with van der Waals surface area (Å²) in [6.07, 6.45) is 3.20. The largest absolute Gasteiger partial charge is 0.345 e. The van der Waals surface area contributed by atoms with E-state index >= 15 is 0 Å². The van der Waals surface area contributed by atoms with Crippen molar-refractivity contribution in [3.05, 3.63) is 65.0 Å². The molecule has 4 heteroatoms. The third kappa shape index (κ3) is 2.61. The molecule has 1 atom stereocenters. The first-order valence-electron chi connectivity index (χ1n) is 8.06. The molecule has 0 saturated heterocycles. The smallest absolute Gasteiger partial charge is 0.251 e. The summed E-state index contributed by atoms with van der Waals surface area (Å²) < 4.78 is 0. The highest BCUT2D eigenvalue weighted by molar-refractivity contribution is 5.97. The van der Waals surface area contributed by atoms with Gasteiger partial charge in [-0.1, -0.05) is 24.3 Å². The Morgan fingerprint density at radius 2 is 2.13 bits per heavy atom. The second-order valence-electron chi connectivity index (χ2n) is 6.17. The van der Waals surface area contributed by atoms with Crippen molar-refractivity contribution in [2.24, 2.45) is 0 Å². The minimum absolute atomic E-state index is 0.0331. The monoisotopic (exact) mass is 305 g/mol. The van der Waals surface area contributed by atoms with Crippen molar-refractivity contribution in [2.75, 3.05) is 0 Å². The number of rotatable bonds is 2. The summed E-state index contributed by atoms with van der Waals surface area (Å²) in [6.45, 7) is 1.92. The number of hydrogen-bond acceptors (Lipinski definition) is 2. The first-order valence-corrected chi connectivity index (χ1v) is 8.06. The second kappa shape index (κ2) is 5.54. The number of aromatic nitrogens is 2. The van der Waals surface area contributed by atoms with Crippen molar-refractivity contribution in [3.8, 4) is 0 Å². The summed E-state index contributed by atoms with van der Waals surface area (Å²) in [5, 5.41) is 3.19. The van der Waals surface area contributed by atoms with E-state index in [4.69, 9.17) is 0 Å². The van der Waals surface area contributed by atoms with Crippen LogP contribution in [0.1, 0.15) is 46.2 Å². The molecule has 1 aliphatic rings. The quantitative estimate of drug-likeness (QED) is 0.759. The zero-order valence-corrected chi connectivity index (χ0v) is 13.1. The molecule has 0 saturated carbocycles. The zero-order valence-electron chi connectivity index (χ0n) is 13.1. The van der Waals surface area contributed by atoms with E-state index < -0.39 is 0 Å². The predicted molar refractivity (Wildman–Crippen MR) is 90.4 cm³/mol. The SMILES string of the molecule is Cc1nc2cc(C(=O)N[C@H]3CCCc4ccccc43)ccc2[nH]1. The predicted octanol–water partition coefficient (Wildman–Crippen LogP) is 3.68. The lowest BCUT2D eigenvalue weighted by molar-refractivity contribution is 0.0933. The van der Waals surface area contributed by atoms with Crippen molar-refractivity contribution < 1.29 is 4.79 Å². The summed E-state index contributed by atoms with van der Waals surface area (Å²) in [4.78, 5) is 20.2. The van der Waals surface area contributed by atoms with Gasteiger partial charge in [0.05, 0.1) is 17.1 Å². The number of carbonyl (C=O) groups excluding carboxylic acids is 1. The zero-order chi connectivity index (χ0) is 15.8. The summed E-state index contributed by atoms with van der Waals surface area (Å²) >= 11 is 0. The first-order chi connectivity index (χ1) is 11.2. The molecule has 1 aliphatic carbocycles. The maximum atomic E-state index is 12.6. The van der Waals surface area contributed by atoms with E-state index in [0.717, 1.165) is 36.1 Å². The van der Waals surface area contributed by atoms with E-state index in [1.807, 2.05) is 31.2 Å². The number of hydrogen-bond donors (Lipinski definition) is 2. The number of carbonyl (C=O) groups is 1. The van der Waals surface area contributed by atoms with Crippen LogP contribution in [0.3, 0.4) is 0 Å². The van der Waals surface area contributed by atoms with E-state index in [0.29, 0.717) is 5.56 Å². The van der Waals surface area contributed by atoms with Gasteiger partial charge in [0.25, 0.3) is 5.91 Å². The lowest BCUT2D eigenvalue weighted by Gasteiger charge is -2.26. The summed E-state index contributed by atoms with van der Waals surface area (Å²) in [5.74, 6) is 0.827. The highest BCUT2D eigenvalue weighted by atomic mass is 16.1. The molecule has 4 nitrogen and oxygen atoms in total.